The largest absolute Gasteiger partial charge is 0.440 e. The fourth-order valence-corrected chi connectivity index (χ4v) is 5.74. The summed E-state index contributed by atoms with van der Waals surface area (Å²) in [6.45, 7) is 2.23. The Hall–Kier alpha value is -2.36. The first kappa shape index (κ1) is 21.9. The molecule has 0 bridgehead atoms. The lowest BCUT2D eigenvalue weighted by Gasteiger charge is -2.25. The highest BCUT2D eigenvalue weighted by molar-refractivity contribution is 7.89. The lowest BCUT2D eigenvalue weighted by atomic mass is 10.1. The van der Waals surface area contributed by atoms with E-state index in [0.29, 0.717) is 23.6 Å². The van der Waals surface area contributed by atoms with Gasteiger partial charge in [0.1, 0.15) is 11.8 Å². The van der Waals surface area contributed by atoms with Gasteiger partial charge in [-0.1, -0.05) is 11.6 Å². The van der Waals surface area contributed by atoms with E-state index in [-0.39, 0.29) is 11.4 Å². The summed E-state index contributed by atoms with van der Waals surface area (Å²) < 4.78 is 32.9. The lowest BCUT2D eigenvalue weighted by Crippen LogP contribution is -2.44. The second kappa shape index (κ2) is 9.42. The van der Waals surface area contributed by atoms with Crippen molar-refractivity contribution in [2.45, 2.75) is 43.0 Å². The maximum atomic E-state index is 13.0. The molecule has 31 heavy (non-hydrogen) atoms. The molecule has 10 heteroatoms. The summed E-state index contributed by atoms with van der Waals surface area (Å²) in [6.07, 6.45) is 6.01. The minimum absolute atomic E-state index is 0.112. The first-order valence-corrected chi connectivity index (χ1v) is 12.2. The molecule has 1 aromatic heterocycles. The summed E-state index contributed by atoms with van der Waals surface area (Å²) in [5.41, 5.74) is 2.45. The molecule has 0 spiro atoms. The Labute approximate surface area is 186 Å². The Balaban J connectivity index is 1.39. The molecular weight excluding hydrogens is 440 g/mol. The van der Waals surface area contributed by atoms with Crippen molar-refractivity contribution >= 4 is 39.6 Å². The fourth-order valence-electron chi connectivity index (χ4n) is 3.96. The summed E-state index contributed by atoms with van der Waals surface area (Å²) in [6, 6.07) is 8.81. The number of anilines is 1. The van der Waals surface area contributed by atoms with Crippen LogP contribution < -0.4 is 10.3 Å². The van der Waals surface area contributed by atoms with Crippen molar-refractivity contribution in [3.63, 3.8) is 0 Å². The number of nitrogens with one attached hydrogen (secondary N) is 1. The Morgan fingerprint density at radius 2 is 1.81 bits per heavy atom. The van der Waals surface area contributed by atoms with Gasteiger partial charge in [0, 0.05) is 30.7 Å². The first-order valence-electron chi connectivity index (χ1n) is 10.4. The first-order chi connectivity index (χ1) is 14.9. The molecule has 1 amide bonds. The van der Waals surface area contributed by atoms with Gasteiger partial charge in [-0.05, 0) is 62.4 Å². The molecule has 3 heterocycles. The number of rotatable bonds is 6. The van der Waals surface area contributed by atoms with Gasteiger partial charge in [-0.3, -0.25) is 4.79 Å². The number of hydrogen-bond acceptors (Lipinski definition) is 6. The molecule has 0 unspecified atom stereocenters. The Bertz CT molecular complexity index is 1050. The molecule has 4 rings (SSSR count). The Morgan fingerprint density at radius 3 is 2.55 bits per heavy atom. The van der Waals surface area contributed by atoms with Crippen LogP contribution in [0.15, 0.2) is 50.8 Å². The fraction of sp³-hybridized carbons (Fsp3) is 0.429. The smallest absolute Gasteiger partial charge is 0.258 e. The molecule has 166 valence electrons. The van der Waals surface area contributed by atoms with E-state index >= 15 is 0 Å². The van der Waals surface area contributed by atoms with Crippen molar-refractivity contribution in [3.8, 4) is 0 Å². The van der Waals surface area contributed by atoms with Gasteiger partial charge < -0.3 is 9.32 Å². The molecular formula is C21H25ClN4O4S. The topological polar surface area (TPSA) is 95.2 Å². The zero-order valence-corrected chi connectivity index (χ0v) is 18.6. The number of amides is 1. The molecule has 1 N–H and O–H groups in total. The number of benzene rings is 1. The van der Waals surface area contributed by atoms with Crippen LogP contribution in [0.1, 0.15) is 37.9 Å². The second-order valence-electron chi connectivity index (χ2n) is 7.69. The predicted molar refractivity (Wildman–Crippen MR) is 119 cm³/mol. The number of carbonyl (C=O) groups excluding carboxylic acids is 1. The molecule has 8 nitrogen and oxygen atoms in total. The molecule has 0 aliphatic carbocycles. The quantitative estimate of drug-likeness (QED) is 0.523. The highest BCUT2D eigenvalue weighted by atomic mass is 35.5. The molecule has 2 saturated heterocycles. The number of hydrazone groups is 1. The second-order valence-corrected chi connectivity index (χ2v) is 10.0. The van der Waals surface area contributed by atoms with Gasteiger partial charge in [0.05, 0.1) is 11.1 Å². The maximum absolute atomic E-state index is 13.0. The highest BCUT2D eigenvalue weighted by Crippen LogP contribution is 2.27. The van der Waals surface area contributed by atoms with E-state index in [4.69, 9.17) is 16.0 Å². The van der Waals surface area contributed by atoms with Gasteiger partial charge in [0.15, 0.2) is 5.88 Å². The minimum atomic E-state index is -3.80. The van der Waals surface area contributed by atoms with E-state index < -0.39 is 22.0 Å². The van der Waals surface area contributed by atoms with Crippen molar-refractivity contribution in [2.24, 2.45) is 5.10 Å². The van der Waals surface area contributed by atoms with Crippen molar-refractivity contribution < 1.29 is 17.6 Å². The van der Waals surface area contributed by atoms with Crippen LogP contribution in [0.2, 0.25) is 5.02 Å². The molecule has 1 aromatic carbocycles. The maximum Gasteiger partial charge on any atom is 0.258 e. The number of sulfonamides is 1. The van der Waals surface area contributed by atoms with Crippen LogP contribution in [0, 0.1) is 0 Å². The number of halogens is 1. The van der Waals surface area contributed by atoms with Gasteiger partial charge in [0.25, 0.3) is 5.91 Å². The van der Waals surface area contributed by atoms with Crippen LogP contribution in [0.5, 0.6) is 0 Å². The van der Waals surface area contributed by atoms with Crippen LogP contribution in [0.4, 0.5) is 5.88 Å². The van der Waals surface area contributed by atoms with E-state index in [0.717, 1.165) is 31.8 Å². The van der Waals surface area contributed by atoms with E-state index in [1.165, 1.54) is 41.2 Å². The highest BCUT2D eigenvalue weighted by Gasteiger charge is 2.39. The van der Waals surface area contributed by atoms with Crippen molar-refractivity contribution in [2.75, 3.05) is 24.5 Å². The van der Waals surface area contributed by atoms with E-state index in [1.54, 1.807) is 6.07 Å². The van der Waals surface area contributed by atoms with Crippen LogP contribution in [-0.2, 0) is 14.8 Å². The minimum Gasteiger partial charge on any atom is -0.440 e. The standard InChI is InChI=1S/C21H25ClN4O4S/c22-16-6-9-18(10-7-16)31(28,29)26-14-4-5-19(26)21(27)24-23-15-17-8-11-20(30-17)25-12-2-1-3-13-25/h6-11,15,19H,1-5,12-14H2,(H,24,27)/b23-15-/t19-/m1/s1. The summed E-state index contributed by atoms with van der Waals surface area (Å²) in [5, 5.41) is 4.42. The van der Waals surface area contributed by atoms with Gasteiger partial charge in [0.2, 0.25) is 10.0 Å². The molecule has 2 aliphatic rings. The number of carbonyl (C=O) groups is 1. The molecule has 0 radical (unpaired) electrons. The number of nitrogens with zero attached hydrogens (tertiary/aromatic N) is 3. The van der Waals surface area contributed by atoms with E-state index in [2.05, 4.69) is 15.4 Å². The zero-order chi connectivity index (χ0) is 21.8. The lowest BCUT2D eigenvalue weighted by molar-refractivity contribution is -0.124. The van der Waals surface area contributed by atoms with Gasteiger partial charge in [-0.25, -0.2) is 13.8 Å². The number of furan rings is 1. The third-order valence-electron chi connectivity index (χ3n) is 5.57. The molecule has 2 aliphatic heterocycles. The number of piperidine rings is 1. The normalized spacial score (nSPS) is 20.4. The summed E-state index contributed by atoms with van der Waals surface area (Å²) >= 11 is 5.86. The monoisotopic (exact) mass is 464 g/mol. The van der Waals surface area contributed by atoms with Crippen molar-refractivity contribution in [3.05, 3.63) is 47.2 Å². The van der Waals surface area contributed by atoms with Crippen LogP contribution >= 0.6 is 11.6 Å². The van der Waals surface area contributed by atoms with E-state index in [1.807, 2.05) is 6.07 Å². The summed E-state index contributed by atoms with van der Waals surface area (Å²) in [5.74, 6) is 0.857. The van der Waals surface area contributed by atoms with E-state index in [9.17, 15) is 13.2 Å². The Kier molecular flexibility index (Phi) is 6.64. The van der Waals surface area contributed by atoms with Crippen LogP contribution in [-0.4, -0.2) is 50.5 Å². The third kappa shape index (κ3) is 4.94. The van der Waals surface area contributed by atoms with Gasteiger partial charge in [-0.2, -0.15) is 9.41 Å². The third-order valence-corrected chi connectivity index (χ3v) is 7.75. The molecule has 0 saturated carbocycles. The summed E-state index contributed by atoms with van der Waals surface area (Å²) in [4.78, 5) is 14.9. The predicted octanol–water partition coefficient (Wildman–Crippen LogP) is 3.23. The van der Waals surface area contributed by atoms with Gasteiger partial charge >= 0.3 is 0 Å². The van der Waals surface area contributed by atoms with Crippen LogP contribution in [0.25, 0.3) is 0 Å². The van der Waals surface area contributed by atoms with Crippen LogP contribution in [0.3, 0.4) is 0 Å². The van der Waals surface area contributed by atoms with Gasteiger partial charge in [-0.15, -0.1) is 0 Å². The average molecular weight is 465 g/mol. The SMILES string of the molecule is O=C(N/N=C\c1ccc(N2CCCCC2)o1)[C@H]1CCCN1S(=O)(=O)c1ccc(Cl)cc1. The molecule has 1 atom stereocenters. The average Bonchev–Trinajstić information content (AvgIpc) is 3.45. The summed E-state index contributed by atoms with van der Waals surface area (Å²) in [7, 11) is -3.80. The number of hydrogen-bond donors (Lipinski definition) is 1. The van der Waals surface area contributed by atoms with Crippen molar-refractivity contribution in [1.29, 1.82) is 0 Å². The zero-order valence-electron chi connectivity index (χ0n) is 17.0. The van der Waals surface area contributed by atoms with Crippen molar-refractivity contribution in [1.82, 2.24) is 9.73 Å². The molecule has 2 aromatic rings. The molecule has 2 fully saturated rings. The Morgan fingerprint density at radius 1 is 1.06 bits per heavy atom.